The number of aromatic nitrogens is 2. The molecule has 0 saturated carbocycles. The smallest absolute Gasteiger partial charge is 0.259 e. The lowest BCUT2D eigenvalue weighted by molar-refractivity contribution is 0.0735. The zero-order valence-electron chi connectivity index (χ0n) is 19.3. The summed E-state index contributed by atoms with van der Waals surface area (Å²) in [6.45, 7) is 4.88. The van der Waals surface area contributed by atoms with E-state index in [9.17, 15) is 9.59 Å². The minimum atomic E-state index is -0.311. The van der Waals surface area contributed by atoms with Crippen LogP contribution in [0, 0.1) is 0 Å². The van der Waals surface area contributed by atoms with Crippen LogP contribution in [0.25, 0.3) is 5.69 Å². The van der Waals surface area contributed by atoms with Gasteiger partial charge in [-0.15, -0.1) is 0 Å². The Balaban J connectivity index is 1.62. The van der Waals surface area contributed by atoms with Crippen molar-refractivity contribution in [3.63, 3.8) is 0 Å². The third-order valence-corrected chi connectivity index (χ3v) is 6.02. The first-order valence-corrected chi connectivity index (χ1v) is 11.7. The van der Waals surface area contributed by atoms with Crippen molar-refractivity contribution in [1.82, 2.24) is 20.0 Å². The third-order valence-electron chi connectivity index (χ3n) is 5.77. The number of halogens is 1. The van der Waals surface area contributed by atoms with Gasteiger partial charge in [0.1, 0.15) is 5.75 Å². The second-order valence-corrected chi connectivity index (χ2v) is 8.49. The Morgan fingerprint density at radius 3 is 2.56 bits per heavy atom. The summed E-state index contributed by atoms with van der Waals surface area (Å²) in [5.74, 6) is 0.1000. The Hall–Kier alpha value is -3.36. The molecule has 1 aromatic heterocycles. The van der Waals surface area contributed by atoms with Crippen LogP contribution in [0.15, 0.2) is 48.7 Å². The number of nitrogens with zero attached hydrogens (tertiary/aromatic N) is 3. The predicted octanol–water partition coefficient (Wildman–Crippen LogP) is 3.78. The molecule has 1 aliphatic rings. The van der Waals surface area contributed by atoms with Crippen LogP contribution in [-0.2, 0) is 6.42 Å². The van der Waals surface area contributed by atoms with Crippen molar-refractivity contribution in [2.75, 3.05) is 38.6 Å². The lowest BCUT2D eigenvalue weighted by Gasteiger charge is -2.27. The Morgan fingerprint density at radius 1 is 1.15 bits per heavy atom. The predicted molar refractivity (Wildman–Crippen MR) is 132 cm³/mol. The number of hydrogen-bond donors (Lipinski definition) is 2. The molecule has 0 spiro atoms. The maximum atomic E-state index is 13.3. The molecule has 2 heterocycles. The molecule has 2 amide bonds. The van der Waals surface area contributed by atoms with Crippen LogP contribution in [0.5, 0.6) is 5.75 Å². The lowest BCUT2D eigenvalue weighted by atomic mass is 10.1. The van der Waals surface area contributed by atoms with Crippen LogP contribution < -0.4 is 15.4 Å². The van der Waals surface area contributed by atoms with Gasteiger partial charge in [-0.05, 0) is 48.9 Å². The number of hydrogen-bond acceptors (Lipinski definition) is 5. The van der Waals surface area contributed by atoms with Gasteiger partial charge in [-0.2, -0.15) is 5.10 Å². The number of anilines is 1. The SMILES string of the molecule is CCCc1c(C(=O)Nc2cc(C(=O)N3CCNCC3)ccc2OC)cnn1-c1ccc(Cl)cc1. The first-order valence-electron chi connectivity index (χ1n) is 11.3. The normalized spacial score (nSPS) is 13.6. The minimum absolute atomic E-state index is 0.0677. The summed E-state index contributed by atoms with van der Waals surface area (Å²) in [4.78, 5) is 28.1. The quantitative estimate of drug-likeness (QED) is 0.536. The molecule has 9 heteroatoms. The summed E-state index contributed by atoms with van der Waals surface area (Å²) in [7, 11) is 1.53. The van der Waals surface area contributed by atoms with E-state index in [4.69, 9.17) is 16.3 Å². The van der Waals surface area contributed by atoms with Gasteiger partial charge < -0.3 is 20.3 Å². The van der Waals surface area contributed by atoms with E-state index in [2.05, 4.69) is 22.7 Å². The number of rotatable bonds is 7. The second-order valence-electron chi connectivity index (χ2n) is 8.05. The first kappa shape index (κ1) is 23.8. The highest BCUT2D eigenvalue weighted by Crippen LogP contribution is 2.28. The molecular weight excluding hydrogens is 454 g/mol. The molecule has 34 heavy (non-hydrogen) atoms. The molecule has 0 radical (unpaired) electrons. The van der Waals surface area contributed by atoms with Gasteiger partial charge >= 0.3 is 0 Å². The summed E-state index contributed by atoms with van der Waals surface area (Å²) in [6.07, 6.45) is 3.08. The van der Waals surface area contributed by atoms with Crippen molar-refractivity contribution in [1.29, 1.82) is 0 Å². The van der Waals surface area contributed by atoms with Crippen molar-refractivity contribution in [3.05, 3.63) is 70.5 Å². The molecular formula is C25H28ClN5O3. The second kappa shape index (κ2) is 10.7. The lowest BCUT2D eigenvalue weighted by Crippen LogP contribution is -2.46. The van der Waals surface area contributed by atoms with Gasteiger partial charge in [-0.1, -0.05) is 24.9 Å². The summed E-state index contributed by atoms with van der Waals surface area (Å²) >= 11 is 6.02. The highest BCUT2D eigenvalue weighted by molar-refractivity contribution is 6.30. The van der Waals surface area contributed by atoms with Gasteiger partial charge in [0.2, 0.25) is 0 Å². The Kier molecular flexibility index (Phi) is 7.49. The minimum Gasteiger partial charge on any atom is -0.495 e. The fourth-order valence-electron chi connectivity index (χ4n) is 4.02. The van der Waals surface area contributed by atoms with E-state index in [1.54, 1.807) is 46.1 Å². The number of benzene rings is 2. The van der Waals surface area contributed by atoms with E-state index in [0.717, 1.165) is 30.9 Å². The molecule has 0 bridgehead atoms. The molecule has 2 N–H and O–H groups in total. The Bertz CT molecular complexity index is 1170. The first-order chi connectivity index (χ1) is 16.5. The molecule has 3 aromatic rings. The van der Waals surface area contributed by atoms with E-state index >= 15 is 0 Å². The summed E-state index contributed by atoms with van der Waals surface area (Å²) in [5.41, 5.74) is 3.04. The fraction of sp³-hybridized carbons (Fsp3) is 0.320. The van der Waals surface area contributed by atoms with E-state index in [1.165, 1.54) is 7.11 Å². The van der Waals surface area contributed by atoms with Crippen LogP contribution in [0.1, 0.15) is 39.8 Å². The number of nitrogens with one attached hydrogen (secondary N) is 2. The molecule has 1 fully saturated rings. The zero-order valence-corrected chi connectivity index (χ0v) is 20.1. The van der Waals surface area contributed by atoms with E-state index in [-0.39, 0.29) is 11.8 Å². The number of amides is 2. The van der Waals surface area contributed by atoms with Crippen LogP contribution in [0.4, 0.5) is 5.69 Å². The van der Waals surface area contributed by atoms with E-state index in [0.29, 0.717) is 47.1 Å². The van der Waals surface area contributed by atoms with Crippen molar-refractivity contribution < 1.29 is 14.3 Å². The number of piperazine rings is 1. The summed E-state index contributed by atoms with van der Waals surface area (Å²) in [5, 5.41) is 11.3. The number of carbonyl (C=O) groups is 2. The van der Waals surface area contributed by atoms with Gasteiger partial charge in [-0.3, -0.25) is 9.59 Å². The maximum absolute atomic E-state index is 13.3. The largest absolute Gasteiger partial charge is 0.495 e. The molecule has 0 aliphatic carbocycles. The van der Waals surface area contributed by atoms with Crippen molar-refractivity contribution >= 4 is 29.1 Å². The Morgan fingerprint density at radius 2 is 1.88 bits per heavy atom. The van der Waals surface area contributed by atoms with Crippen LogP contribution in [0.2, 0.25) is 5.02 Å². The highest BCUT2D eigenvalue weighted by Gasteiger charge is 2.22. The molecule has 4 rings (SSSR count). The maximum Gasteiger partial charge on any atom is 0.259 e. The molecule has 0 unspecified atom stereocenters. The summed E-state index contributed by atoms with van der Waals surface area (Å²) in [6, 6.07) is 12.4. The average molecular weight is 482 g/mol. The fourth-order valence-corrected chi connectivity index (χ4v) is 4.15. The summed E-state index contributed by atoms with van der Waals surface area (Å²) < 4.78 is 7.20. The van der Waals surface area contributed by atoms with Gasteiger partial charge in [-0.25, -0.2) is 4.68 Å². The standard InChI is InChI=1S/C25H28ClN5O3/c1-3-4-22-20(16-28-31(22)19-8-6-18(26)7-9-19)24(32)29-21-15-17(5-10-23(21)34-2)25(33)30-13-11-27-12-14-30/h5-10,15-16,27H,3-4,11-14H2,1-2H3,(H,29,32). The molecule has 0 atom stereocenters. The van der Waals surface area contributed by atoms with Crippen molar-refractivity contribution in [2.45, 2.75) is 19.8 Å². The molecule has 1 saturated heterocycles. The van der Waals surface area contributed by atoms with Gasteiger partial charge in [0, 0.05) is 36.8 Å². The monoisotopic (exact) mass is 481 g/mol. The molecule has 8 nitrogen and oxygen atoms in total. The third kappa shape index (κ3) is 5.08. The van der Waals surface area contributed by atoms with Crippen molar-refractivity contribution in [2.24, 2.45) is 0 Å². The van der Waals surface area contributed by atoms with E-state index < -0.39 is 0 Å². The number of methoxy groups -OCH3 is 1. The van der Waals surface area contributed by atoms with Crippen molar-refractivity contribution in [3.8, 4) is 11.4 Å². The van der Waals surface area contributed by atoms with Gasteiger partial charge in [0.15, 0.2) is 0 Å². The van der Waals surface area contributed by atoms with Crippen LogP contribution in [-0.4, -0.2) is 59.8 Å². The Labute approximate surface area is 203 Å². The average Bonchev–Trinajstić information content (AvgIpc) is 3.28. The number of ether oxygens (including phenoxy) is 1. The zero-order chi connectivity index (χ0) is 24.1. The highest BCUT2D eigenvalue weighted by atomic mass is 35.5. The number of carbonyl (C=O) groups excluding carboxylic acids is 2. The molecule has 2 aromatic carbocycles. The topological polar surface area (TPSA) is 88.5 Å². The van der Waals surface area contributed by atoms with Crippen LogP contribution >= 0.6 is 11.6 Å². The van der Waals surface area contributed by atoms with Crippen LogP contribution in [0.3, 0.4) is 0 Å². The molecule has 178 valence electrons. The van der Waals surface area contributed by atoms with E-state index in [1.807, 2.05) is 12.1 Å². The molecule has 1 aliphatic heterocycles. The van der Waals surface area contributed by atoms with Gasteiger partial charge in [0.25, 0.3) is 11.8 Å². The van der Waals surface area contributed by atoms with Gasteiger partial charge in [0.05, 0.1) is 35.9 Å².